The summed E-state index contributed by atoms with van der Waals surface area (Å²) in [6, 6.07) is 21.4. The van der Waals surface area contributed by atoms with Gasteiger partial charge < -0.3 is 9.64 Å². The van der Waals surface area contributed by atoms with Crippen LogP contribution in [-0.4, -0.2) is 41.7 Å². The van der Waals surface area contributed by atoms with Crippen molar-refractivity contribution in [2.24, 2.45) is 0 Å². The largest absolute Gasteiger partial charge is 0.494 e. The van der Waals surface area contributed by atoms with Gasteiger partial charge in [0.1, 0.15) is 5.75 Å². The van der Waals surface area contributed by atoms with Crippen molar-refractivity contribution < 1.29 is 13.9 Å². The van der Waals surface area contributed by atoms with Gasteiger partial charge in [0.05, 0.1) is 17.5 Å². The first-order valence-electron chi connectivity index (χ1n) is 13.1. The van der Waals surface area contributed by atoms with Crippen LogP contribution in [0.3, 0.4) is 0 Å². The number of aromatic amines is 1. The molecule has 0 fully saturated rings. The smallest absolute Gasteiger partial charge is 0.245 e. The molecule has 0 aliphatic heterocycles. The van der Waals surface area contributed by atoms with Gasteiger partial charge in [0.15, 0.2) is 0 Å². The molecule has 0 aliphatic carbocycles. The van der Waals surface area contributed by atoms with Crippen molar-refractivity contribution in [2.45, 2.75) is 32.6 Å². The topological polar surface area (TPSA) is 58.2 Å². The third-order valence-electron chi connectivity index (χ3n) is 6.53. The highest BCUT2D eigenvalue weighted by molar-refractivity contribution is 6.32. The van der Waals surface area contributed by atoms with E-state index in [0.29, 0.717) is 22.5 Å². The summed E-state index contributed by atoms with van der Waals surface area (Å²) >= 11 is 6.62. The average Bonchev–Trinajstić information content (AvgIpc) is 3.31. The fraction of sp³-hybridized carbons (Fsp3) is 0.250. The van der Waals surface area contributed by atoms with E-state index in [4.69, 9.17) is 16.3 Å². The van der Waals surface area contributed by atoms with E-state index in [1.807, 2.05) is 72.8 Å². The molecule has 0 bridgehead atoms. The molecular weight excluding hydrogens is 513 g/mol. The van der Waals surface area contributed by atoms with Gasteiger partial charge in [-0.15, -0.1) is 0 Å². The summed E-state index contributed by atoms with van der Waals surface area (Å²) < 4.78 is 20.4. The molecule has 0 saturated carbocycles. The summed E-state index contributed by atoms with van der Waals surface area (Å²) in [6.07, 6.45) is 6.90. The predicted octanol–water partition coefficient (Wildman–Crippen LogP) is 7.92. The van der Waals surface area contributed by atoms with Crippen LogP contribution in [0.5, 0.6) is 5.75 Å². The van der Waals surface area contributed by atoms with E-state index >= 15 is 0 Å². The Kier molecular flexibility index (Phi) is 9.55. The normalized spacial score (nSPS) is 12.1. The molecule has 0 atom stereocenters. The Morgan fingerprint density at radius 2 is 1.79 bits per heavy atom. The van der Waals surface area contributed by atoms with Gasteiger partial charge in [0.25, 0.3) is 0 Å². The number of aromatic nitrogens is 2. The van der Waals surface area contributed by atoms with E-state index < -0.39 is 5.95 Å². The summed E-state index contributed by atoms with van der Waals surface area (Å²) in [4.78, 5) is 13.1. The van der Waals surface area contributed by atoms with Crippen LogP contribution in [0, 0.1) is 5.95 Å². The highest BCUT2D eigenvalue weighted by Gasteiger charge is 2.17. The van der Waals surface area contributed by atoms with Crippen molar-refractivity contribution in [3.05, 3.63) is 107 Å². The quantitative estimate of drug-likeness (QED) is 0.118. The van der Waals surface area contributed by atoms with Crippen LogP contribution in [0.25, 0.3) is 22.0 Å². The Morgan fingerprint density at radius 3 is 2.51 bits per heavy atom. The molecule has 1 amide bonds. The van der Waals surface area contributed by atoms with Gasteiger partial charge in [0, 0.05) is 19.1 Å². The van der Waals surface area contributed by atoms with Crippen molar-refractivity contribution in [1.29, 1.82) is 0 Å². The Bertz CT molecular complexity index is 1490. The Labute approximate surface area is 233 Å². The van der Waals surface area contributed by atoms with Crippen molar-refractivity contribution in [3.63, 3.8) is 0 Å². The van der Waals surface area contributed by atoms with Crippen LogP contribution in [0.15, 0.2) is 78.9 Å². The molecular formula is C32H33ClFN3O2. The lowest BCUT2D eigenvalue weighted by Crippen LogP contribution is -2.18. The number of nitrogens with one attached hydrogen (secondary N) is 1. The number of allylic oxidation sites excluding steroid dienone is 2. The van der Waals surface area contributed by atoms with Crippen molar-refractivity contribution in [3.8, 4) is 5.75 Å². The minimum Gasteiger partial charge on any atom is -0.494 e. The summed E-state index contributed by atoms with van der Waals surface area (Å²) in [5.74, 6) is 0.324. The van der Waals surface area contributed by atoms with Crippen molar-refractivity contribution in [2.75, 3.05) is 20.7 Å². The monoisotopic (exact) mass is 545 g/mol. The number of unbranched alkanes of at least 4 members (excludes halogenated alkanes) is 2. The SMILES string of the molecule is CC/C(=C(/c1ccc(OCCCC/C=C/C(=O)N(C)C)cc1)c1ccc2n[nH]c(F)c2c1)c1ccccc1Cl. The number of carbonyl (C=O) groups excluding carboxylic acids is 1. The minimum atomic E-state index is -0.453. The molecule has 202 valence electrons. The lowest BCUT2D eigenvalue weighted by atomic mass is 9.88. The second-order valence-electron chi connectivity index (χ2n) is 9.46. The maximum absolute atomic E-state index is 14.4. The summed E-state index contributed by atoms with van der Waals surface area (Å²) in [5.41, 5.74) is 5.45. The van der Waals surface area contributed by atoms with E-state index in [9.17, 15) is 9.18 Å². The van der Waals surface area contributed by atoms with E-state index in [-0.39, 0.29) is 5.91 Å². The van der Waals surface area contributed by atoms with Gasteiger partial charge in [-0.2, -0.15) is 9.49 Å². The Morgan fingerprint density at radius 1 is 1.05 bits per heavy atom. The lowest BCUT2D eigenvalue weighted by molar-refractivity contribution is -0.123. The van der Waals surface area contributed by atoms with E-state index in [2.05, 4.69) is 17.1 Å². The Hall–Kier alpha value is -3.90. The van der Waals surface area contributed by atoms with Gasteiger partial charge in [0.2, 0.25) is 11.9 Å². The van der Waals surface area contributed by atoms with Crippen LogP contribution >= 0.6 is 11.6 Å². The molecule has 0 aliphatic rings. The fourth-order valence-electron chi connectivity index (χ4n) is 4.46. The number of carbonyl (C=O) groups is 1. The second kappa shape index (κ2) is 13.3. The number of ether oxygens (including phenoxy) is 1. The van der Waals surface area contributed by atoms with Crippen LogP contribution in [0.4, 0.5) is 4.39 Å². The number of hydrogen-bond acceptors (Lipinski definition) is 3. The average molecular weight is 546 g/mol. The van der Waals surface area contributed by atoms with E-state index in [1.54, 1.807) is 25.1 Å². The first kappa shape index (κ1) is 28.1. The number of amides is 1. The molecule has 5 nitrogen and oxygen atoms in total. The molecule has 4 rings (SSSR count). The number of nitrogens with zero attached hydrogens (tertiary/aromatic N) is 2. The third-order valence-corrected chi connectivity index (χ3v) is 6.86. The van der Waals surface area contributed by atoms with Gasteiger partial charge in [-0.05, 0) is 89.9 Å². The van der Waals surface area contributed by atoms with Gasteiger partial charge >= 0.3 is 0 Å². The van der Waals surface area contributed by atoms with Crippen LogP contribution in [-0.2, 0) is 4.79 Å². The second-order valence-corrected chi connectivity index (χ2v) is 9.87. The molecule has 0 radical (unpaired) electrons. The van der Waals surface area contributed by atoms with Crippen molar-refractivity contribution >= 4 is 39.6 Å². The number of rotatable bonds is 11. The highest BCUT2D eigenvalue weighted by atomic mass is 35.5. The molecule has 0 saturated heterocycles. The van der Waals surface area contributed by atoms with Crippen LogP contribution < -0.4 is 4.74 Å². The van der Waals surface area contributed by atoms with Gasteiger partial charge in [-0.1, -0.05) is 61.0 Å². The zero-order valence-corrected chi connectivity index (χ0v) is 23.3. The third kappa shape index (κ3) is 6.95. The fourth-order valence-corrected chi connectivity index (χ4v) is 4.71. The van der Waals surface area contributed by atoms with Gasteiger partial charge in [-0.25, -0.2) is 0 Å². The number of likely N-dealkylation sites (N-methyl/N-ethyl adjacent to an activating group) is 1. The zero-order chi connectivity index (χ0) is 27.8. The summed E-state index contributed by atoms with van der Waals surface area (Å²) in [7, 11) is 3.48. The molecule has 3 aromatic carbocycles. The molecule has 0 spiro atoms. The lowest BCUT2D eigenvalue weighted by Gasteiger charge is -2.18. The number of fused-ring (bicyclic) bond motifs is 1. The standard InChI is InChI=1S/C32H33ClFN3O2/c1-4-25(26-11-8-9-12-28(26)33)31(23-16-19-29-27(21-23)32(34)36-35-29)22-14-17-24(18-15-22)39-20-10-6-5-7-13-30(38)37(2)3/h7-9,11-19,21H,4-6,10,20H2,1-3H3,(H,35,36)/b13-7+,31-25+. The maximum atomic E-state index is 14.4. The van der Waals surface area contributed by atoms with Crippen LogP contribution in [0.2, 0.25) is 5.02 Å². The summed E-state index contributed by atoms with van der Waals surface area (Å²) in [6.45, 7) is 2.69. The number of H-pyrrole nitrogens is 1. The molecule has 4 aromatic rings. The van der Waals surface area contributed by atoms with E-state index in [1.165, 1.54) is 0 Å². The first-order valence-corrected chi connectivity index (χ1v) is 13.5. The van der Waals surface area contributed by atoms with Crippen molar-refractivity contribution in [1.82, 2.24) is 15.1 Å². The molecule has 1 N–H and O–H groups in total. The van der Waals surface area contributed by atoms with Crippen LogP contribution in [0.1, 0.15) is 49.3 Å². The first-order chi connectivity index (χ1) is 18.9. The molecule has 0 unspecified atom stereocenters. The molecule has 1 aromatic heterocycles. The Balaban J connectivity index is 1.56. The minimum absolute atomic E-state index is 0.00431. The molecule has 7 heteroatoms. The maximum Gasteiger partial charge on any atom is 0.245 e. The number of halogens is 2. The predicted molar refractivity (Wildman–Crippen MR) is 157 cm³/mol. The molecule has 39 heavy (non-hydrogen) atoms. The summed E-state index contributed by atoms with van der Waals surface area (Å²) in [5, 5.41) is 7.57. The number of benzene rings is 3. The zero-order valence-electron chi connectivity index (χ0n) is 22.5. The number of hydrogen-bond donors (Lipinski definition) is 1. The van der Waals surface area contributed by atoms with E-state index in [0.717, 1.165) is 59.3 Å². The van der Waals surface area contributed by atoms with Gasteiger partial charge in [-0.3, -0.25) is 9.89 Å². The highest BCUT2D eigenvalue weighted by Crippen LogP contribution is 2.38. The molecule has 1 heterocycles.